The minimum atomic E-state index is -0.222. The number of allylic oxidation sites excluding steroid dienone is 1. The Bertz CT molecular complexity index is 669. The van der Waals surface area contributed by atoms with Gasteiger partial charge in [0.05, 0.1) is 18.9 Å². The molecule has 0 saturated heterocycles. The maximum Gasteiger partial charge on any atom is 0.228 e. The van der Waals surface area contributed by atoms with Gasteiger partial charge in [-0.3, -0.25) is 9.59 Å². The Kier molecular flexibility index (Phi) is 5.74. The van der Waals surface area contributed by atoms with Crippen LogP contribution in [0, 0.1) is 11.8 Å². The molecule has 3 rings (SSSR count). The highest BCUT2D eigenvalue weighted by molar-refractivity contribution is 5.99. The Morgan fingerprint density at radius 3 is 2.80 bits per heavy atom. The maximum atomic E-state index is 12.3. The highest BCUT2D eigenvalue weighted by Crippen LogP contribution is 2.39. The van der Waals surface area contributed by atoms with E-state index in [9.17, 15) is 9.59 Å². The van der Waals surface area contributed by atoms with Crippen molar-refractivity contribution in [3.05, 3.63) is 35.9 Å². The fourth-order valence-electron chi connectivity index (χ4n) is 3.32. The molecule has 1 aromatic rings. The van der Waals surface area contributed by atoms with Crippen molar-refractivity contribution in [2.45, 2.75) is 38.5 Å². The number of anilines is 1. The van der Waals surface area contributed by atoms with Gasteiger partial charge in [-0.15, -0.1) is 0 Å². The molecule has 5 heteroatoms. The van der Waals surface area contributed by atoms with Crippen LogP contribution in [0.1, 0.15) is 38.5 Å². The molecule has 0 spiro atoms. The van der Waals surface area contributed by atoms with E-state index in [1.54, 1.807) is 13.2 Å². The standard InChI is InChI=1S/C20H26N2O3/c1-25-16-9-5-8-15(12-16)22-20(24)18-13-17(18)19(23)21-11-10-14-6-3-2-4-7-14/h5-6,8-9,12,17-18H,2-4,7,10-11,13H2,1H3,(H,21,23)(H,22,24). The summed E-state index contributed by atoms with van der Waals surface area (Å²) in [6.45, 7) is 0.672. The molecule has 2 aliphatic rings. The normalized spacial score (nSPS) is 21.9. The predicted molar refractivity (Wildman–Crippen MR) is 97.4 cm³/mol. The second-order valence-electron chi connectivity index (χ2n) is 6.82. The van der Waals surface area contributed by atoms with E-state index in [0.717, 1.165) is 12.8 Å². The number of benzene rings is 1. The first-order valence-corrected chi connectivity index (χ1v) is 9.08. The third kappa shape index (κ3) is 4.84. The summed E-state index contributed by atoms with van der Waals surface area (Å²) in [5, 5.41) is 5.84. The average molecular weight is 342 g/mol. The van der Waals surface area contributed by atoms with Gasteiger partial charge in [-0.1, -0.05) is 17.7 Å². The molecule has 2 aliphatic carbocycles. The summed E-state index contributed by atoms with van der Waals surface area (Å²) >= 11 is 0. The second kappa shape index (κ2) is 8.19. The molecular formula is C20H26N2O3. The smallest absolute Gasteiger partial charge is 0.228 e. The molecule has 2 unspecified atom stereocenters. The lowest BCUT2D eigenvalue weighted by atomic mass is 9.97. The van der Waals surface area contributed by atoms with Crippen LogP contribution >= 0.6 is 0 Å². The number of methoxy groups -OCH3 is 1. The Balaban J connectivity index is 1.41. The van der Waals surface area contributed by atoms with E-state index < -0.39 is 0 Å². The molecule has 1 saturated carbocycles. The van der Waals surface area contributed by atoms with Gasteiger partial charge in [-0.25, -0.2) is 0 Å². The maximum absolute atomic E-state index is 12.3. The van der Waals surface area contributed by atoms with Gasteiger partial charge in [0, 0.05) is 18.3 Å². The molecule has 0 aromatic heterocycles. The van der Waals surface area contributed by atoms with Crippen LogP contribution in [0.4, 0.5) is 5.69 Å². The monoisotopic (exact) mass is 342 g/mol. The lowest BCUT2D eigenvalue weighted by Crippen LogP contribution is -2.28. The Morgan fingerprint density at radius 2 is 2.04 bits per heavy atom. The van der Waals surface area contributed by atoms with E-state index in [-0.39, 0.29) is 23.7 Å². The fraction of sp³-hybridized carbons (Fsp3) is 0.500. The minimum absolute atomic E-state index is 0.00204. The highest BCUT2D eigenvalue weighted by Gasteiger charge is 2.47. The van der Waals surface area contributed by atoms with Crippen LogP contribution in [-0.4, -0.2) is 25.5 Å². The van der Waals surface area contributed by atoms with Gasteiger partial charge in [0.25, 0.3) is 0 Å². The fourth-order valence-corrected chi connectivity index (χ4v) is 3.32. The van der Waals surface area contributed by atoms with E-state index in [0.29, 0.717) is 24.4 Å². The topological polar surface area (TPSA) is 67.4 Å². The van der Waals surface area contributed by atoms with E-state index in [4.69, 9.17) is 4.74 Å². The summed E-state index contributed by atoms with van der Waals surface area (Å²) in [5.74, 6) is 0.191. The Hall–Kier alpha value is -2.30. The van der Waals surface area contributed by atoms with E-state index in [1.165, 1.54) is 24.8 Å². The van der Waals surface area contributed by atoms with Crippen molar-refractivity contribution in [1.82, 2.24) is 5.32 Å². The number of amides is 2. The Labute approximate surface area is 148 Å². The number of carbonyl (C=O) groups is 2. The van der Waals surface area contributed by atoms with E-state index >= 15 is 0 Å². The van der Waals surface area contributed by atoms with E-state index in [1.807, 2.05) is 18.2 Å². The van der Waals surface area contributed by atoms with Crippen LogP contribution in [0.15, 0.2) is 35.9 Å². The summed E-state index contributed by atoms with van der Waals surface area (Å²) in [6.07, 6.45) is 8.72. The van der Waals surface area contributed by atoms with Crippen molar-refractivity contribution in [1.29, 1.82) is 0 Å². The van der Waals surface area contributed by atoms with Crippen LogP contribution in [0.25, 0.3) is 0 Å². The zero-order valence-electron chi connectivity index (χ0n) is 14.7. The molecule has 2 atom stereocenters. The molecule has 5 nitrogen and oxygen atoms in total. The molecule has 0 heterocycles. The lowest BCUT2D eigenvalue weighted by molar-refractivity contribution is -0.125. The third-order valence-corrected chi connectivity index (χ3v) is 4.93. The minimum Gasteiger partial charge on any atom is -0.497 e. The largest absolute Gasteiger partial charge is 0.497 e. The van der Waals surface area contributed by atoms with Crippen LogP contribution < -0.4 is 15.4 Å². The van der Waals surface area contributed by atoms with Crippen molar-refractivity contribution < 1.29 is 14.3 Å². The number of nitrogens with one attached hydrogen (secondary N) is 2. The molecule has 134 valence electrons. The number of rotatable bonds is 7. The SMILES string of the molecule is COc1cccc(NC(=O)C2CC2C(=O)NCCC2=CCCCC2)c1. The zero-order valence-corrected chi connectivity index (χ0v) is 14.7. The van der Waals surface area contributed by atoms with Gasteiger partial charge in [0.2, 0.25) is 11.8 Å². The van der Waals surface area contributed by atoms with Crippen LogP contribution in [0.5, 0.6) is 5.75 Å². The number of ether oxygens (including phenoxy) is 1. The summed E-state index contributed by atoms with van der Waals surface area (Å²) < 4.78 is 5.15. The first-order valence-electron chi connectivity index (χ1n) is 9.08. The van der Waals surface area contributed by atoms with Gasteiger partial charge < -0.3 is 15.4 Å². The van der Waals surface area contributed by atoms with Gasteiger partial charge in [0.15, 0.2) is 0 Å². The molecule has 1 aromatic carbocycles. The number of hydrogen-bond acceptors (Lipinski definition) is 3. The molecule has 2 amide bonds. The molecule has 2 N–H and O–H groups in total. The average Bonchev–Trinajstić information content (AvgIpc) is 3.44. The quantitative estimate of drug-likeness (QED) is 0.747. The third-order valence-electron chi connectivity index (χ3n) is 4.93. The zero-order chi connectivity index (χ0) is 17.6. The van der Waals surface area contributed by atoms with Crippen molar-refractivity contribution in [3.8, 4) is 5.75 Å². The van der Waals surface area contributed by atoms with Crippen molar-refractivity contribution >= 4 is 17.5 Å². The van der Waals surface area contributed by atoms with Crippen LogP contribution in [0.3, 0.4) is 0 Å². The van der Waals surface area contributed by atoms with Crippen molar-refractivity contribution in [2.75, 3.05) is 19.0 Å². The van der Waals surface area contributed by atoms with Crippen molar-refractivity contribution in [2.24, 2.45) is 11.8 Å². The summed E-state index contributed by atoms with van der Waals surface area (Å²) in [5.41, 5.74) is 2.15. The number of hydrogen-bond donors (Lipinski definition) is 2. The molecule has 1 fully saturated rings. The summed E-state index contributed by atoms with van der Waals surface area (Å²) in [6, 6.07) is 7.24. The first kappa shape index (κ1) is 17.5. The number of carbonyl (C=O) groups excluding carboxylic acids is 2. The molecular weight excluding hydrogens is 316 g/mol. The van der Waals surface area contributed by atoms with Gasteiger partial charge in [0.1, 0.15) is 5.75 Å². The summed E-state index contributed by atoms with van der Waals surface area (Å²) in [7, 11) is 1.59. The molecule has 0 bridgehead atoms. The summed E-state index contributed by atoms with van der Waals surface area (Å²) in [4.78, 5) is 24.5. The van der Waals surface area contributed by atoms with Gasteiger partial charge >= 0.3 is 0 Å². The molecule has 0 radical (unpaired) electrons. The van der Waals surface area contributed by atoms with Gasteiger partial charge in [-0.2, -0.15) is 0 Å². The predicted octanol–water partition coefficient (Wildman–Crippen LogP) is 3.28. The second-order valence-corrected chi connectivity index (χ2v) is 6.82. The van der Waals surface area contributed by atoms with Crippen molar-refractivity contribution in [3.63, 3.8) is 0 Å². The molecule has 25 heavy (non-hydrogen) atoms. The highest BCUT2D eigenvalue weighted by atomic mass is 16.5. The Morgan fingerprint density at radius 1 is 1.20 bits per heavy atom. The lowest BCUT2D eigenvalue weighted by Gasteiger charge is -2.13. The molecule has 0 aliphatic heterocycles. The van der Waals surface area contributed by atoms with Crippen LogP contribution in [-0.2, 0) is 9.59 Å². The van der Waals surface area contributed by atoms with Gasteiger partial charge in [-0.05, 0) is 50.7 Å². The first-order chi connectivity index (χ1) is 12.2. The van der Waals surface area contributed by atoms with E-state index in [2.05, 4.69) is 16.7 Å². The van der Waals surface area contributed by atoms with Crippen LogP contribution in [0.2, 0.25) is 0 Å².